The van der Waals surface area contributed by atoms with Crippen molar-refractivity contribution in [3.05, 3.63) is 112 Å². The summed E-state index contributed by atoms with van der Waals surface area (Å²) in [6.07, 6.45) is 0.839. The van der Waals surface area contributed by atoms with Crippen molar-refractivity contribution < 1.29 is 32.9 Å². The Balaban J connectivity index is 1.17. The minimum absolute atomic E-state index is 0.0753. The van der Waals surface area contributed by atoms with E-state index in [-0.39, 0.29) is 24.1 Å². The molecule has 4 aromatic carbocycles. The minimum Gasteiger partial charge on any atom is -0.492 e. The molecule has 2 aliphatic rings. The smallest absolute Gasteiger partial charge is 0.306 e. The number of halogens is 1. The highest BCUT2D eigenvalue weighted by atomic mass is 19.1. The van der Waals surface area contributed by atoms with Gasteiger partial charge in [-0.3, -0.25) is 4.79 Å². The van der Waals surface area contributed by atoms with Gasteiger partial charge >= 0.3 is 5.97 Å². The molecular weight excluding hydrogens is 537 g/mol. The van der Waals surface area contributed by atoms with Crippen LogP contribution in [0, 0.1) is 17.1 Å². The Morgan fingerprint density at radius 1 is 1.02 bits per heavy atom. The predicted molar refractivity (Wildman–Crippen MR) is 151 cm³/mol. The number of benzene rings is 4. The average molecular weight is 566 g/mol. The lowest BCUT2D eigenvalue weighted by atomic mass is 9.98. The molecule has 0 spiro atoms. The predicted octanol–water partition coefficient (Wildman–Crippen LogP) is 7.17. The third-order valence-corrected chi connectivity index (χ3v) is 7.56. The molecule has 0 aromatic heterocycles. The van der Waals surface area contributed by atoms with Crippen LogP contribution in [0.2, 0.25) is 0 Å². The first-order valence-corrected chi connectivity index (χ1v) is 13.7. The molecule has 1 heterocycles. The highest BCUT2D eigenvalue weighted by Crippen LogP contribution is 2.45. The molecule has 6 rings (SSSR count). The quantitative estimate of drug-likeness (QED) is 0.199. The van der Waals surface area contributed by atoms with Crippen LogP contribution in [0.15, 0.2) is 78.9 Å². The lowest BCUT2D eigenvalue weighted by Gasteiger charge is -2.18. The molecule has 0 saturated heterocycles. The Kier molecular flexibility index (Phi) is 7.65. The number of nitrogens with zero attached hydrogens (tertiary/aromatic N) is 1. The third kappa shape index (κ3) is 5.59. The molecule has 1 aliphatic carbocycles. The van der Waals surface area contributed by atoms with E-state index in [9.17, 15) is 10.1 Å². The first-order chi connectivity index (χ1) is 20.5. The van der Waals surface area contributed by atoms with E-state index in [1.54, 1.807) is 30.3 Å². The van der Waals surface area contributed by atoms with Crippen molar-refractivity contribution in [2.45, 2.75) is 37.9 Å². The van der Waals surface area contributed by atoms with Crippen LogP contribution >= 0.6 is 0 Å². The van der Waals surface area contributed by atoms with Gasteiger partial charge in [0.25, 0.3) is 0 Å². The molecule has 1 unspecified atom stereocenters. The summed E-state index contributed by atoms with van der Waals surface area (Å²) in [7, 11) is 1.37. The van der Waals surface area contributed by atoms with Crippen molar-refractivity contribution in [3.63, 3.8) is 0 Å². The summed E-state index contributed by atoms with van der Waals surface area (Å²) in [4.78, 5) is 11.7. The zero-order chi connectivity index (χ0) is 29.1. The maximum Gasteiger partial charge on any atom is 0.306 e. The topological polar surface area (TPSA) is 87.0 Å². The van der Waals surface area contributed by atoms with Crippen LogP contribution in [0.4, 0.5) is 4.39 Å². The number of ether oxygens (including phenoxy) is 5. The molecule has 0 saturated carbocycles. The summed E-state index contributed by atoms with van der Waals surface area (Å²) >= 11 is 0. The summed E-state index contributed by atoms with van der Waals surface area (Å²) < 4.78 is 44.0. The number of methoxy groups -OCH3 is 1. The summed E-state index contributed by atoms with van der Waals surface area (Å²) in [6, 6.07) is 25.4. The number of hydrogen-bond donors (Lipinski definition) is 0. The van der Waals surface area contributed by atoms with E-state index in [1.165, 1.54) is 13.2 Å². The second-order valence-electron chi connectivity index (χ2n) is 10.2. The molecule has 1 aliphatic heterocycles. The van der Waals surface area contributed by atoms with E-state index < -0.39 is 6.10 Å². The number of carbonyl (C=O) groups is 1. The number of hydrogen-bond acceptors (Lipinski definition) is 7. The van der Waals surface area contributed by atoms with E-state index in [1.807, 2.05) is 42.5 Å². The summed E-state index contributed by atoms with van der Waals surface area (Å²) in [6.45, 7) is 0.767. The molecule has 2 atom stereocenters. The van der Waals surface area contributed by atoms with Gasteiger partial charge in [-0.25, -0.2) is 4.39 Å². The van der Waals surface area contributed by atoms with Crippen LogP contribution in [-0.2, 0) is 22.6 Å². The molecule has 4 aromatic rings. The first-order valence-electron chi connectivity index (χ1n) is 13.7. The standard InChI is InChI=1S/C34H28FNO6/c1-38-33(37)16-23-20-40-32-17-25(7-9-26(23)32)41-31-13-10-27-30(14-11-28(35)34(27)31)42-29-12-8-24(15-22(29)18-36)39-19-21-5-3-2-4-6-21/h2-9,11-12,14-15,17,23,31H,10,13,16,19-20H2,1H3/t23?,31-/m1/s1. The Labute approximate surface area is 243 Å². The zero-order valence-corrected chi connectivity index (χ0v) is 23.0. The lowest BCUT2D eigenvalue weighted by Crippen LogP contribution is -2.09. The van der Waals surface area contributed by atoms with Gasteiger partial charge in [0.2, 0.25) is 0 Å². The molecule has 0 radical (unpaired) electrons. The Morgan fingerprint density at radius 3 is 2.64 bits per heavy atom. The second kappa shape index (κ2) is 11.8. The average Bonchev–Trinajstić information content (AvgIpc) is 3.63. The molecule has 0 bridgehead atoms. The van der Waals surface area contributed by atoms with Gasteiger partial charge in [-0.05, 0) is 48.7 Å². The molecule has 42 heavy (non-hydrogen) atoms. The summed E-state index contributed by atoms with van der Waals surface area (Å²) in [5, 5.41) is 9.79. The van der Waals surface area contributed by atoms with Crippen LogP contribution in [0.5, 0.6) is 28.7 Å². The normalized spacial score (nSPS) is 16.5. The molecular formula is C34H28FNO6. The number of fused-ring (bicyclic) bond motifs is 2. The number of rotatable bonds is 9. The summed E-state index contributed by atoms with van der Waals surface area (Å²) in [5.41, 5.74) is 3.41. The van der Waals surface area contributed by atoms with Crippen molar-refractivity contribution in [1.82, 2.24) is 0 Å². The maximum absolute atomic E-state index is 15.1. The van der Waals surface area contributed by atoms with Crippen molar-refractivity contribution in [2.75, 3.05) is 13.7 Å². The van der Waals surface area contributed by atoms with Crippen LogP contribution in [-0.4, -0.2) is 19.7 Å². The number of esters is 1. The van der Waals surface area contributed by atoms with Gasteiger partial charge in [-0.15, -0.1) is 0 Å². The van der Waals surface area contributed by atoms with Gasteiger partial charge < -0.3 is 23.7 Å². The van der Waals surface area contributed by atoms with E-state index in [0.29, 0.717) is 71.5 Å². The zero-order valence-electron chi connectivity index (χ0n) is 23.0. The largest absolute Gasteiger partial charge is 0.492 e. The SMILES string of the molecule is COC(=O)CC1COc2cc(O[C@@H]3CCc4c(Oc5ccc(OCc6ccccc6)cc5C#N)ccc(F)c43)ccc21. The van der Waals surface area contributed by atoms with Gasteiger partial charge in [0, 0.05) is 34.7 Å². The van der Waals surface area contributed by atoms with E-state index >= 15 is 4.39 Å². The van der Waals surface area contributed by atoms with Crippen LogP contribution in [0.25, 0.3) is 0 Å². The molecule has 0 N–H and O–H groups in total. The maximum atomic E-state index is 15.1. The van der Waals surface area contributed by atoms with Crippen molar-refractivity contribution in [1.29, 1.82) is 5.26 Å². The Hall–Kier alpha value is -5.03. The van der Waals surface area contributed by atoms with Crippen molar-refractivity contribution in [3.8, 4) is 34.8 Å². The fourth-order valence-electron chi connectivity index (χ4n) is 5.44. The molecule has 212 valence electrons. The molecule has 0 fully saturated rings. The number of carbonyl (C=O) groups excluding carboxylic acids is 1. The van der Waals surface area contributed by atoms with Gasteiger partial charge in [0.15, 0.2) is 0 Å². The van der Waals surface area contributed by atoms with Crippen molar-refractivity contribution >= 4 is 5.97 Å². The monoisotopic (exact) mass is 565 g/mol. The highest BCUT2D eigenvalue weighted by molar-refractivity contribution is 5.71. The van der Waals surface area contributed by atoms with Crippen LogP contribution < -0.4 is 18.9 Å². The minimum atomic E-state index is -0.516. The molecule has 7 nitrogen and oxygen atoms in total. The Morgan fingerprint density at radius 2 is 1.83 bits per heavy atom. The molecule has 0 amide bonds. The van der Waals surface area contributed by atoms with Crippen LogP contribution in [0.1, 0.15) is 52.7 Å². The van der Waals surface area contributed by atoms with E-state index in [4.69, 9.17) is 23.7 Å². The summed E-state index contributed by atoms with van der Waals surface area (Å²) in [5.74, 6) is 1.85. The Bertz CT molecular complexity index is 1670. The first kappa shape index (κ1) is 27.2. The van der Waals surface area contributed by atoms with Gasteiger partial charge in [-0.2, -0.15) is 5.26 Å². The van der Waals surface area contributed by atoms with Gasteiger partial charge in [0.05, 0.1) is 25.7 Å². The van der Waals surface area contributed by atoms with E-state index in [2.05, 4.69) is 6.07 Å². The fourth-order valence-corrected chi connectivity index (χ4v) is 5.44. The number of nitriles is 1. The van der Waals surface area contributed by atoms with Crippen molar-refractivity contribution in [2.24, 2.45) is 0 Å². The molecule has 8 heteroatoms. The highest BCUT2D eigenvalue weighted by Gasteiger charge is 2.32. The fraction of sp³-hybridized carbons (Fsp3) is 0.235. The second-order valence-corrected chi connectivity index (χ2v) is 10.2. The van der Waals surface area contributed by atoms with Gasteiger partial charge in [0.1, 0.15) is 53.3 Å². The van der Waals surface area contributed by atoms with Gasteiger partial charge in [-0.1, -0.05) is 36.4 Å². The van der Waals surface area contributed by atoms with E-state index in [0.717, 1.165) is 11.1 Å². The lowest BCUT2D eigenvalue weighted by molar-refractivity contribution is -0.141. The third-order valence-electron chi connectivity index (χ3n) is 7.56. The van der Waals surface area contributed by atoms with Crippen LogP contribution in [0.3, 0.4) is 0 Å².